The summed E-state index contributed by atoms with van der Waals surface area (Å²) in [6.45, 7) is 0.856. The average Bonchev–Trinajstić information content (AvgIpc) is 2.18. The van der Waals surface area contributed by atoms with E-state index in [-0.39, 0.29) is 12.0 Å². The van der Waals surface area contributed by atoms with E-state index in [9.17, 15) is 0 Å². The van der Waals surface area contributed by atoms with Crippen LogP contribution >= 0.6 is 0 Å². The van der Waals surface area contributed by atoms with Gasteiger partial charge in [-0.15, -0.1) is 0 Å². The third-order valence-corrected chi connectivity index (χ3v) is 2.16. The van der Waals surface area contributed by atoms with Crippen LogP contribution < -0.4 is 16.8 Å². The molecule has 1 aliphatic heterocycles. The van der Waals surface area contributed by atoms with Gasteiger partial charge in [0.15, 0.2) is 0 Å². The summed E-state index contributed by atoms with van der Waals surface area (Å²) >= 11 is 0. The Balaban J connectivity index is 2.26. The molecular formula is C9H13N5. The summed E-state index contributed by atoms with van der Waals surface area (Å²) in [4.78, 5) is 7.98. The highest BCUT2D eigenvalue weighted by molar-refractivity contribution is 5.37. The molecule has 0 radical (unpaired) electrons. The highest BCUT2D eigenvalue weighted by Gasteiger charge is 2.14. The van der Waals surface area contributed by atoms with Gasteiger partial charge in [0.25, 0.3) is 0 Å². The first-order valence-corrected chi connectivity index (χ1v) is 4.54. The minimum absolute atomic E-state index is 0.201. The smallest absolute Gasteiger partial charge is 0.222 e. The van der Waals surface area contributed by atoms with Crippen molar-refractivity contribution in [2.75, 3.05) is 18.0 Å². The standard InChI is InChI=1S/C9H13N5/c10-8-5-7(13-9(11)14-8)6-3-1-2-4-12-6/h1-2,5-6,12H,3-4H2,(H4,10,11,13,14). The van der Waals surface area contributed by atoms with Gasteiger partial charge < -0.3 is 16.8 Å². The number of anilines is 2. The van der Waals surface area contributed by atoms with Crippen LogP contribution in [0.1, 0.15) is 18.2 Å². The van der Waals surface area contributed by atoms with Crippen molar-refractivity contribution in [3.8, 4) is 0 Å². The Kier molecular flexibility index (Phi) is 2.32. The fraction of sp³-hybridized carbons (Fsp3) is 0.333. The molecule has 0 aliphatic carbocycles. The molecule has 1 aliphatic rings. The number of nitrogens with two attached hydrogens (primary N) is 2. The van der Waals surface area contributed by atoms with Crippen LogP contribution in [0.25, 0.3) is 0 Å². The van der Waals surface area contributed by atoms with Gasteiger partial charge in [0, 0.05) is 12.6 Å². The maximum absolute atomic E-state index is 5.59. The number of hydrogen-bond donors (Lipinski definition) is 3. The van der Waals surface area contributed by atoms with Gasteiger partial charge in [0.2, 0.25) is 5.95 Å². The Bertz CT molecular complexity index is 340. The highest BCUT2D eigenvalue weighted by Crippen LogP contribution is 2.19. The molecule has 0 saturated heterocycles. The van der Waals surface area contributed by atoms with Gasteiger partial charge in [-0.1, -0.05) is 12.2 Å². The number of nitrogens with zero attached hydrogens (tertiary/aromatic N) is 2. The lowest BCUT2D eigenvalue weighted by Crippen LogP contribution is -2.25. The Labute approximate surface area is 82.2 Å². The molecule has 2 rings (SSSR count). The minimum atomic E-state index is 0.201. The number of aromatic nitrogens is 2. The molecule has 5 nitrogen and oxygen atoms in total. The quantitative estimate of drug-likeness (QED) is 0.553. The van der Waals surface area contributed by atoms with Crippen molar-refractivity contribution >= 4 is 11.8 Å². The highest BCUT2D eigenvalue weighted by atomic mass is 15.1. The zero-order valence-corrected chi connectivity index (χ0v) is 7.77. The molecule has 1 unspecified atom stereocenters. The van der Waals surface area contributed by atoms with E-state index < -0.39 is 0 Å². The predicted molar refractivity (Wildman–Crippen MR) is 55.4 cm³/mol. The molecule has 0 fully saturated rings. The lowest BCUT2D eigenvalue weighted by molar-refractivity contribution is 0.541. The summed E-state index contributed by atoms with van der Waals surface area (Å²) in [6.07, 6.45) is 5.12. The predicted octanol–water partition coefficient (Wildman–Crippen LogP) is 0.232. The number of nitrogens with one attached hydrogen (secondary N) is 1. The third-order valence-electron chi connectivity index (χ3n) is 2.16. The second-order valence-electron chi connectivity index (χ2n) is 3.24. The number of hydrogen-bond acceptors (Lipinski definition) is 5. The number of rotatable bonds is 1. The topological polar surface area (TPSA) is 89.8 Å². The summed E-state index contributed by atoms with van der Waals surface area (Å²) < 4.78 is 0. The Morgan fingerprint density at radius 2 is 2.14 bits per heavy atom. The molecule has 14 heavy (non-hydrogen) atoms. The molecular weight excluding hydrogens is 178 g/mol. The van der Waals surface area contributed by atoms with Crippen LogP contribution in [0.3, 0.4) is 0 Å². The first-order valence-electron chi connectivity index (χ1n) is 4.54. The van der Waals surface area contributed by atoms with Crippen LogP contribution in [-0.4, -0.2) is 16.5 Å². The zero-order chi connectivity index (χ0) is 9.97. The van der Waals surface area contributed by atoms with Crippen molar-refractivity contribution in [2.24, 2.45) is 0 Å². The zero-order valence-electron chi connectivity index (χ0n) is 7.77. The van der Waals surface area contributed by atoms with Crippen LogP contribution in [0.15, 0.2) is 18.2 Å². The van der Waals surface area contributed by atoms with E-state index in [1.807, 2.05) is 0 Å². The van der Waals surface area contributed by atoms with E-state index in [2.05, 4.69) is 27.4 Å². The maximum Gasteiger partial charge on any atom is 0.222 e. The van der Waals surface area contributed by atoms with E-state index in [1.165, 1.54) is 0 Å². The van der Waals surface area contributed by atoms with Gasteiger partial charge in [-0.05, 0) is 6.42 Å². The molecule has 74 valence electrons. The summed E-state index contributed by atoms with van der Waals surface area (Å²) in [5.74, 6) is 0.653. The van der Waals surface area contributed by atoms with E-state index in [4.69, 9.17) is 11.5 Å². The molecule has 0 bridgehead atoms. The SMILES string of the molecule is Nc1cc(C2CC=CCN2)nc(N)n1. The van der Waals surface area contributed by atoms with E-state index in [1.54, 1.807) is 6.07 Å². The van der Waals surface area contributed by atoms with Crippen molar-refractivity contribution in [1.29, 1.82) is 0 Å². The summed E-state index contributed by atoms with van der Waals surface area (Å²) in [5, 5.41) is 3.30. The molecule has 0 spiro atoms. The van der Waals surface area contributed by atoms with Gasteiger partial charge >= 0.3 is 0 Å². The van der Waals surface area contributed by atoms with Crippen molar-refractivity contribution in [2.45, 2.75) is 12.5 Å². The first-order chi connectivity index (χ1) is 6.75. The Hall–Kier alpha value is -1.62. The molecule has 2 heterocycles. The average molecular weight is 191 g/mol. The van der Waals surface area contributed by atoms with Crippen LogP contribution in [0, 0.1) is 0 Å². The van der Waals surface area contributed by atoms with Gasteiger partial charge in [-0.3, -0.25) is 0 Å². The monoisotopic (exact) mass is 191 g/mol. The van der Waals surface area contributed by atoms with Gasteiger partial charge in [-0.25, -0.2) is 4.98 Å². The van der Waals surface area contributed by atoms with Crippen molar-refractivity contribution in [3.05, 3.63) is 23.9 Å². The number of nitrogen functional groups attached to an aromatic ring is 2. The van der Waals surface area contributed by atoms with E-state index in [0.717, 1.165) is 18.7 Å². The maximum atomic E-state index is 5.59. The minimum Gasteiger partial charge on any atom is -0.384 e. The van der Waals surface area contributed by atoms with Crippen LogP contribution in [-0.2, 0) is 0 Å². The van der Waals surface area contributed by atoms with E-state index >= 15 is 0 Å². The summed E-state index contributed by atoms with van der Waals surface area (Å²) in [6, 6.07) is 1.96. The summed E-state index contributed by atoms with van der Waals surface area (Å²) in [7, 11) is 0. The van der Waals surface area contributed by atoms with Crippen molar-refractivity contribution in [3.63, 3.8) is 0 Å². The fourth-order valence-electron chi connectivity index (χ4n) is 1.52. The molecule has 1 aromatic heterocycles. The van der Waals surface area contributed by atoms with Gasteiger partial charge in [0.05, 0.1) is 11.7 Å². The molecule has 0 saturated carbocycles. The van der Waals surface area contributed by atoms with Gasteiger partial charge in [-0.2, -0.15) is 4.98 Å². The molecule has 1 atom stereocenters. The molecule has 1 aromatic rings. The van der Waals surface area contributed by atoms with Crippen LogP contribution in [0.4, 0.5) is 11.8 Å². The third kappa shape index (κ3) is 1.82. The second kappa shape index (κ2) is 3.63. The Morgan fingerprint density at radius 1 is 1.29 bits per heavy atom. The normalized spacial score (nSPS) is 21.0. The summed E-state index contributed by atoms with van der Waals surface area (Å²) in [5.41, 5.74) is 12.0. The Morgan fingerprint density at radius 3 is 2.79 bits per heavy atom. The molecule has 5 N–H and O–H groups in total. The van der Waals surface area contributed by atoms with Crippen molar-refractivity contribution in [1.82, 2.24) is 15.3 Å². The second-order valence-corrected chi connectivity index (χ2v) is 3.24. The molecule has 0 aromatic carbocycles. The molecule has 5 heteroatoms. The van der Waals surface area contributed by atoms with Gasteiger partial charge in [0.1, 0.15) is 5.82 Å². The van der Waals surface area contributed by atoms with E-state index in [0.29, 0.717) is 5.82 Å². The van der Waals surface area contributed by atoms with Crippen molar-refractivity contribution < 1.29 is 0 Å². The van der Waals surface area contributed by atoms with Crippen LogP contribution in [0.5, 0.6) is 0 Å². The first kappa shape index (κ1) is 8.96. The molecule has 0 amide bonds. The largest absolute Gasteiger partial charge is 0.384 e. The lowest BCUT2D eigenvalue weighted by atomic mass is 10.1. The fourth-order valence-corrected chi connectivity index (χ4v) is 1.52. The lowest BCUT2D eigenvalue weighted by Gasteiger charge is -2.19. The van der Waals surface area contributed by atoms with Crippen LogP contribution in [0.2, 0.25) is 0 Å².